The molecule has 9 nitrogen and oxygen atoms in total. The highest BCUT2D eigenvalue weighted by molar-refractivity contribution is 7.14. The van der Waals surface area contributed by atoms with Crippen LogP contribution in [0, 0.1) is 0 Å². The lowest BCUT2D eigenvalue weighted by Crippen LogP contribution is -2.27. The second kappa shape index (κ2) is 8.95. The van der Waals surface area contributed by atoms with Gasteiger partial charge in [0.2, 0.25) is 0 Å². The van der Waals surface area contributed by atoms with Gasteiger partial charge in [-0.2, -0.15) is 5.10 Å². The number of pyridine rings is 1. The molecule has 13 heteroatoms. The molecular weight excluding hydrogens is 486 g/mol. The van der Waals surface area contributed by atoms with Gasteiger partial charge in [-0.1, -0.05) is 17.7 Å². The highest BCUT2D eigenvalue weighted by atomic mass is 35.5. The molecule has 4 aromatic heterocycles. The zero-order valence-electron chi connectivity index (χ0n) is 17.4. The summed E-state index contributed by atoms with van der Waals surface area (Å²) >= 11 is 6.92. The molecule has 0 saturated carbocycles. The number of aromatic amines is 1. The van der Waals surface area contributed by atoms with Crippen LogP contribution in [0.2, 0.25) is 4.47 Å². The molecule has 5 rings (SSSR count). The van der Waals surface area contributed by atoms with Crippen LogP contribution >= 0.6 is 22.9 Å². The molecule has 34 heavy (non-hydrogen) atoms. The second-order valence-electron chi connectivity index (χ2n) is 7.42. The fourth-order valence-electron chi connectivity index (χ4n) is 3.80. The zero-order valence-corrected chi connectivity index (χ0v) is 19.0. The molecule has 0 atom stereocenters. The smallest absolute Gasteiger partial charge is 0.270 e. The van der Waals surface area contributed by atoms with Gasteiger partial charge in [-0.3, -0.25) is 9.89 Å². The SMILES string of the molecule is Nc1nc2cc(-c3ccn[nH]3)ccc2c2c1nc(CCNC(=O)c1csc(Cl)n1)n2CC(F)F. The van der Waals surface area contributed by atoms with E-state index in [0.717, 1.165) is 22.6 Å². The maximum atomic E-state index is 13.5. The number of carbonyl (C=O) groups is 1. The molecule has 0 spiro atoms. The van der Waals surface area contributed by atoms with E-state index >= 15 is 0 Å². The van der Waals surface area contributed by atoms with Gasteiger partial charge in [-0.05, 0) is 18.2 Å². The van der Waals surface area contributed by atoms with Crippen LogP contribution in [0.5, 0.6) is 0 Å². The number of carbonyl (C=O) groups excluding carboxylic acids is 1. The Hall–Kier alpha value is -3.64. The Balaban J connectivity index is 1.51. The third-order valence-corrected chi connectivity index (χ3v) is 6.24. The molecule has 0 fully saturated rings. The molecular formula is C21H17ClF2N8OS. The highest BCUT2D eigenvalue weighted by Crippen LogP contribution is 2.32. The Morgan fingerprint density at radius 2 is 2.12 bits per heavy atom. The normalized spacial score (nSPS) is 11.6. The molecule has 0 aliphatic heterocycles. The monoisotopic (exact) mass is 502 g/mol. The van der Waals surface area contributed by atoms with Gasteiger partial charge in [0.05, 0.1) is 23.3 Å². The van der Waals surface area contributed by atoms with Crippen LogP contribution in [-0.2, 0) is 13.0 Å². The van der Waals surface area contributed by atoms with Crippen LogP contribution in [0.4, 0.5) is 14.6 Å². The number of nitrogens with zero attached hydrogens (tertiary/aromatic N) is 5. The third-order valence-electron chi connectivity index (χ3n) is 5.26. The predicted molar refractivity (Wildman–Crippen MR) is 126 cm³/mol. The summed E-state index contributed by atoms with van der Waals surface area (Å²) in [5, 5.41) is 11.7. The van der Waals surface area contributed by atoms with Crippen molar-refractivity contribution in [1.82, 2.24) is 35.0 Å². The van der Waals surface area contributed by atoms with Gasteiger partial charge in [0.1, 0.15) is 17.0 Å². The standard InChI is InChI=1S/C21H17ClF2N8OS/c22-21-29-14(9-34-21)20(33)26-5-4-16-30-17-18(32(16)8-15(23)24)11-2-1-10(12-3-6-27-31-12)7-13(11)28-19(17)25/h1-3,6-7,9,15H,4-5,8H2,(H2,25,28)(H,26,33)(H,27,31). The van der Waals surface area contributed by atoms with E-state index < -0.39 is 18.9 Å². The van der Waals surface area contributed by atoms with Crippen LogP contribution in [0.3, 0.4) is 0 Å². The average molecular weight is 503 g/mol. The summed E-state index contributed by atoms with van der Waals surface area (Å²) in [6, 6.07) is 7.29. The Labute approximate surface area is 200 Å². The number of amides is 1. The van der Waals surface area contributed by atoms with E-state index in [1.54, 1.807) is 11.6 Å². The number of anilines is 1. The van der Waals surface area contributed by atoms with Gasteiger partial charge in [0.15, 0.2) is 10.3 Å². The minimum atomic E-state index is -2.61. The Morgan fingerprint density at radius 3 is 2.82 bits per heavy atom. The van der Waals surface area contributed by atoms with Crippen LogP contribution in [-0.4, -0.2) is 48.6 Å². The second-order valence-corrected chi connectivity index (χ2v) is 8.86. The summed E-state index contributed by atoms with van der Waals surface area (Å²) in [6.07, 6.45) is -0.773. The Kier molecular flexibility index (Phi) is 5.84. The third kappa shape index (κ3) is 4.17. The van der Waals surface area contributed by atoms with Gasteiger partial charge in [0, 0.05) is 35.5 Å². The molecule has 1 amide bonds. The number of imidazole rings is 1. The molecule has 0 radical (unpaired) electrons. The minimum Gasteiger partial charge on any atom is -0.382 e. The predicted octanol–water partition coefficient (Wildman–Crippen LogP) is 3.90. The van der Waals surface area contributed by atoms with Gasteiger partial charge in [-0.25, -0.2) is 23.7 Å². The summed E-state index contributed by atoms with van der Waals surface area (Å²) < 4.78 is 28.8. The number of nitrogens with two attached hydrogens (primary N) is 1. The van der Waals surface area contributed by atoms with Crippen LogP contribution in [0.15, 0.2) is 35.8 Å². The van der Waals surface area contributed by atoms with Gasteiger partial charge >= 0.3 is 0 Å². The molecule has 0 unspecified atom stereocenters. The largest absolute Gasteiger partial charge is 0.382 e. The maximum Gasteiger partial charge on any atom is 0.270 e. The summed E-state index contributed by atoms with van der Waals surface area (Å²) in [7, 11) is 0. The Morgan fingerprint density at radius 1 is 1.26 bits per heavy atom. The summed E-state index contributed by atoms with van der Waals surface area (Å²) in [5.41, 5.74) is 9.37. The molecule has 0 aliphatic carbocycles. The van der Waals surface area contributed by atoms with E-state index in [1.165, 1.54) is 4.57 Å². The number of rotatable bonds is 7. The maximum absolute atomic E-state index is 13.5. The van der Waals surface area contributed by atoms with Crippen molar-refractivity contribution < 1.29 is 13.6 Å². The number of alkyl halides is 2. The first kappa shape index (κ1) is 22.2. The number of hydrogen-bond donors (Lipinski definition) is 3. The molecule has 0 saturated heterocycles. The van der Waals surface area contributed by atoms with Crippen molar-refractivity contribution in [3.63, 3.8) is 0 Å². The molecule has 1 aromatic carbocycles. The van der Waals surface area contributed by atoms with E-state index in [-0.39, 0.29) is 28.9 Å². The topological polar surface area (TPSA) is 127 Å². The fraction of sp³-hybridized carbons (Fsp3) is 0.190. The number of benzene rings is 1. The van der Waals surface area contributed by atoms with Crippen LogP contribution < -0.4 is 11.1 Å². The quantitative estimate of drug-likeness (QED) is 0.309. The first-order valence-electron chi connectivity index (χ1n) is 10.2. The summed E-state index contributed by atoms with van der Waals surface area (Å²) in [5.74, 6) is 0.0999. The number of H-pyrrole nitrogens is 1. The number of thiazole rings is 1. The average Bonchev–Trinajstić information content (AvgIpc) is 3.54. The van der Waals surface area contributed by atoms with Crippen molar-refractivity contribution >= 4 is 56.6 Å². The molecule has 5 aromatic rings. The molecule has 0 bridgehead atoms. The van der Waals surface area contributed by atoms with Crippen LogP contribution in [0.25, 0.3) is 33.2 Å². The summed E-state index contributed by atoms with van der Waals surface area (Å²) in [4.78, 5) is 25.1. The fourth-order valence-corrected chi connectivity index (χ4v) is 4.55. The van der Waals surface area contributed by atoms with E-state index in [0.29, 0.717) is 27.8 Å². The molecule has 4 N–H and O–H groups in total. The summed E-state index contributed by atoms with van der Waals surface area (Å²) in [6.45, 7) is -0.405. The number of hydrogen-bond acceptors (Lipinski definition) is 7. The molecule has 4 heterocycles. The lowest BCUT2D eigenvalue weighted by atomic mass is 10.1. The number of halogens is 3. The zero-order chi connectivity index (χ0) is 23.8. The number of nitrogen functional groups attached to an aromatic ring is 1. The molecule has 0 aliphatic rings. The van der Waals surface area contributed by atoms with Crippen molar-refractivity contribution in [1.29, 1.82) is 0 Å². The minimum absolute atomic E-state index is 0.139. The Bertz CT molecular complexity index is 1500. The highest BCUT2D eigenvalue weighted by Gasteiger charge is 2.20. The van der Waals surface area contributed by atoms with Crippen molar-refractivity contribution in [2.24, 2.45) is 0 Å². The van der Waals surface area contributed by atoms with Gasteiger partial charge < -0.3 is 15.6 Å². The van der Waals surface area contributed by atoms with Gasteiger partial charge in [-0.15, -0.1) is 11.3 Å². The first-order chi connectivity index (χ1) is 16.4. The van der Waals surface area contributed by atoms with Crippen molar-refractivity contribution in [3.8, 4) is 11.3 Å². The van der Waals surface area contributed by atoms with Crippen molar-refractivity contribution in [2.75, 3.05) is 12.3 Å². The lowest BCUT2D eigenvalue weighted by molar-refractivity contribution is 0.0948. The van der Waals surface area contributed by atoms with E-state index in [2.05, 4.69) is 30.5 Å². The number of nitrogens with one attached hydrogen (secondary N) is 2. The van der Waals surface area contributed by atoms with E-state index in [1.807, 2.05) is 24.3 Å². The van der Waals surface area contributed by atoms with E-state index in [9.17, 15) is 13.6 Å². The van der Waals surface area contributed by atoms with Gasteiger partial charge in [0.25, 0.3) is 12.3 Å². The van der Waals surface area contributed by atoms with Crippen molar-refractivity contribution in [2.45, 2.75) is 19.4 Å². The van der Waals surface area contributed by atoms with Crippen molar-refractivity contribution in [3.05, 3.63) is 51.8 Å². The number of fused-ring (bicyclic) bond motifs is 3. The van der Waals surface area contributed by atoms with E-state index in [4.69, 9.17) is 17.3 Å². The molecule has 174 valence electrons. The first-order valence-corrected chi connectivity index (χ1v) is 11.4. The lowest BCUT2D eigenvalue weighted by Gasteiger charge is -2.11. The number of aromatic nitrogens is 6. The van der Waals surface area contributed by atoms with Crippen LogP contribution in [0.1, 0.15) is 16.3 Å².